The molecule has 3 aromatic carbocycles. The molecule has 0 bridgehead atoms. The van der Waals surface area contributed by atoms with Gasteiger partial charge in [-0.3, -0.25) is 4.79 Å². The lowest BCUT2D eigenvalue weighted by atomic mass is 9.65. The summed E-state index contributed by atoms with van der Waals surface area (Å²) in [7, 11) is 3.19. The van der Waals surface area contributed by atoms with Gasteiger partial charge in [0.15, 0.2) is 0 Å². The van der Waals surface area contributed by atoms with E-state index in [0.29, 0.717) is 22.9 Å². The number of nitrogens with zero attached hydrogens (tertiary/aromatic N) is 2. The lowest BCUT2D eigenvalue weighted by Crippen LogP contribution is -2.63. The van der Waals surface area contributed by atoms with Crippen molar-refractivity contribution in [3.63, 3.8) is 0 Å². The van der Waals surface area contributed by atoms with Crippen LogP contribution in [0, 0.1) is 5.41 Å². The number of hydrogen-bond donors (Lipinski definition) is 2. The van der Waals surface area contributed by atoms with Crippen LogP contribution in [0.15, 0.2) is 84.0 Å². The molecule has 178 valence electrons. The Kier molecular flexibility index (Phi) is 5.64. The van der Waals surface area contributed by atoms with E-state index in [1.54, 1.807) is 14.2 Å². The first-order valence-corrected chi connectivity index (χ1v) is 11.3. The molecular weight excluding hydrogens is 444 g/mol. The summed E-state index contributed by atoms with van der Waals surface area (Å²) >= 11 is 0. The summed E-state index contributed by atoms with van der Waals surface area (Å²) in [4.78, 5) is 27.3. The number of hydrogen-bond acceptors (Lipinski definition) is 5. The van der Waals surface area contributed by atoms with E-state index in [-0.39, 0.29) is 11.9 Å². The molecule has 2 N–H and O–H groups in total. The van der Waals surface area contributed by atoms with Crippen molar-refractivity contribution in [1.82, 2.24) is 10.6 Å². The molecule has 8 heteroatoms. The standard InChI is InChI=1S/C27H26N4O4/c1-17-27(25(32)31(30-17)20-7-5-4-6-8-20)23(18-9-13-21(34-2)14-10-18)28-26(33)29-24(27)19-11-15-22(35-3)16-12-19/h4-16,23-24H,1-3H3,(H2,28,29,33). The monoisotopic (exact) mass is 470 g/mol. The Morgan fingerprint density at radius 1 is 0.771 bits per heavy atom. The third-order valence-corrected chi connectivity index (χ3v) is 6.76. The fraction of sp³-hybridized carbons (Fsp3) is 0.222. The van der Waals surface area contributed by atoms with Gasteiger partial charge in [0.25, 0.3) is 5.91 Å². The van der Waals surface area contributed by atoms with Gasteiger partial charge >= 0.3 is 6.03 Å². The lowest BCUT2D eigenvalue weighted by molar-refractivity contribution is -0.127. The molecule has 1 fully saturated rings. The minimum Gasteiger partial charge on any atom is -0.497 e. The molecule has 1 saturated heterocycles. The minimum atomic E-state index is -1.22. The highest BCUT2D eigenvalue weighted by molar-refractivity contribution is 6.20. The fourth-order valence-corrected chi connectivity index (χ4v) is 5.00. The van der Waals surface area contributed by atoms with Gasteiger partial charge in [0.1, 0.15) is 16.9 Å². The van der Waals surface area contributed by atoms with Gasteiger partial charge in [-0.25, -0.2) is 4.79 Å². The molecule has 3 amide bonds. The number of para-hydroxylation sites is 1. The van der Waals surface area contributed by atoms with Gasteiger partial charge < -0.3 is 20.1 Å². The number of methoxy groups -OCH3 is 2. The number of anilines is 1. The molecule has 0 radical (unpaired) electrons. The van der Waals surface area contributed by atoms with Crippen LogP contribution in [0.3, 0.4) is 0 Å². The third kappa shape index (κ3) is 3.58. The van der Waals surface area contributed by atoms with E-state index in [0.717, 1.165) is 11.1 Å². The molecule has 0 aromatic heterocycles. The van der Waals surface area contributed by atoms with Crippen LogP contribution >= 0.6 is 0 Å². The van der Waals surface area contributed by atoms with Crippen molar-refractivity contribution < 1.29 is 19.1 Å². The van der Waals surface area contributed by atoms with E-state index < -0.39 is 17.5 Å². The average molecular weight is 471 g/mol. The molecule has 2 aliphatic rings. The molecule has 3 aromatic rings. The molecule has 35 heavy (non-hydrogen) atoms. The Labute approximate surface area is 203 Å². The maximum absolute atomic E-state index is 14.4. The highest BCUT2D eigenvalue weighted by Crippen LogP contribution is 2.52. The van der Waals surface area contributed by atoms with Crippen LogP contribution in [0.4, 0.5) is 10.5 Å². The maximum Gasteiger partial charge on any atom is 0.315 e. The van der Waals surface area contributed by atoms with Crippen molar-refractivity contribution in [3.05, 3.63) is 90.0 Å². The van der Waals surface area contributed by atoms with E-state index in [2.05, 4.69) is 10.6 Å². The number of hydrazone groups is 1. The number of amides is 3. The zero-order chi connectivity index (χ0) is 24.6. The van der Waals surface area contributed by atoms with Crippen molar-refractivity contribution in [2.75, 3.05) is 19.2 Å². The molecule has 1 spiro atoms. The molecule has 0 saturated carbocycles. The normalized spacial score (nSPS) is 23.5. The van der Waals surface area contributed by atoms with Gasteiger partial charge in [0.05, 0.1) is 37.7 Å². The molecule has 2 unspecified atom stereocenters. The molecule has 5 rings (SSSR count). The number of nitrogens with one attached hydrogen (secondary N) is 2. The predicted molar refractivity (Wildman–Crippen MR) is 133 cm³/mol. The number of carbonyl (C=O) groups is 2. The van der Waals surface area contributed by atoms with Crippen molar-refractivity contribution in [3.8, 4) is 11.5 Å². The van der Waals surface area contributed by atoms with Crippen molar-refractivity contribution in [1.29, 1.82) is 0 Å². The Morgan fingerprint density at radius 2 is 1.26 bits per heavy atom. The SMILES string of the molecule is COc1ccc(C2NC(=O)NC(c3ccc(OC)cc3)C23C(=O)N(c2ccccc2)N=C3C)cc1. The molecular formula is C27H26N4O4. The highest BCUT2D eigenvalue weighted by atomic mass is 16.5. The second kappa shape index (κ2) is 8.79. The smallest absolute Gasteiger partial charge is 0.315 e. The van der Waals surface area contributed by atoms with E-state index in [9.17, 15) is 9.59 Å². The molecule has 0 aliphatic carbocycles. The van der Waals surface area contributed by atoms with E-state index >= 15 is 0 Å². The van der Waals surface area contributed by atoms with Gasteiger partial charge in [-0.15, -0.1) is 0 Å². The highest BCUT2D eigenvalue weighted by Gasteiger charge is 2.63. The van der Waals surface area contributed by atoms with Gasteiger partial charge in [-0.1, -0.05) is 42.5 Å². The summed E-state index contributed by atoms with van der Waals surface area (Å²) in [6, 6.07) is 22.3. The second-order valence-electron chi connectivity index (χ2n) is 8.54. The summed E-state index contributed by atoms with van der Waals surface area (Å²) in [6.45, 7) is 1.84. The Bertz CT molecular complexity index is 1210. The number of ether oxygens (including phenoxy) is 2. The summed E-state index contributed by atoms with van der Waals surface area (Å²) < 4.78 is 10.6. The third-order valence-electron chi connectivity index (χ3n) is 6.76. The average Bonchev–Trinajstić information content (AvgIpc) is 3.16. The van der Waals surface area contributed by atoms with Gasteiger partial charge in [-0.05, 0) is 54.4 Å². The Morgan fingerprint density at radius 3 is 1.71 bits per heavy atom. The van der Waals surface area contributed by atoms with Crippen LogP contribution in [0.1, 0.15) is 30.1 Å². The van der Waals surface area contributed by atoms with E-state index in [4.69, 9.17) is 14.6 Å². The summed E-state index contributed by atoms with van der Waals surface area (Å²) in [5, 5.41) is 12.2. The molecule has 2 heterocycles. The topological polar surface area (TPSA) is 92.3 Å². The van der Waals surface area contributed by atoms with Crippen LogP contribution < -0.4 is 25.1 Å². The number of urea groups is 1. The largest absolute Gasteiger partial charge is 0.497 e. The second-order valence-corrected chi connectivity index (χ2v) is 8.54. The lowest BCUT2D eigenvalue weighted by Gasteiger charge is -2.46. The van der Waals surface area contributed by atoms with Crippen LogP contribution in [0.5, 0.6) is 11.5 Å². The molecule has 2 aliphatic heterocycles. The number of rotatable bonds is 5. The number of carbonyl (C=O) groups excluding carboxylic acids is 2. The predicted octanol–water partition coefficient (Wildman–Crippen LogP) is 4.21. The van der Waals surface area contributed by atoms with Crippen LogP contribution in [-0.4, -0.2) is 31.9 Å². The molecule has 8 nitrogen and oxygen atoms in total. The van der Waals surface area contributed by atoms with Gasteiger partial charge in [0, 0.05) is 0 Å². The molecule has 2 atom stereocenters. The first kappa shape index (κ1) is 22.5. The number of benzene rings is 3. The summed E-state index contributed by atoms with van der Waals surface area (Å²) in [5.74, 6) is 1.14. The van der Waals surface area contributed by atoms with Crippen molar-refractivity contribution in [2.24, 2.45) is 10.5 Å². The van der Waals surface area contributed by atoms with Crippen molar-refractivity contribution in [2.45, 2.75) is 19.0 Å². The first-order chi connectivity index (χ1) is 17.0. The first-order valence-electron chi connectivity index (χ1n) is 11.3. The van der Waals surface area contributed by atoms with Crippen LogP contribution in [0.2, 0.25) is 0 Å². The Balaban J connectivity index is 1.69. The summed E-state index contributed by atoms with van der Waals surface area (Å²) in [6.07, 6.45) is 0. The Hall–Kier alpha value is -4.33. The summed E-state index contributed by atoms with van der Waals surface area (Å²) in [5.41, 5.74) is 1.59. The quantitative estimate of drug-likeness (QED) is 0.584. The minimum absolute atomic E-state index is 0.227. The zero-order valence-electron chi connectivity index (χ0n) is 19.7. The maximum atomic E-state index is 14.4. The van der Waals surface area contributed by atoms with Gasteiger partial charge in [-0.2, -0.15) is 10.1 Å². The fourth-order valence-electron chi connectivity index (χ4n) is 5.00. The van der Waals surface area contributed by atoms with Crippen molar-refractivity contribution >= 4 is 23.3 Å². The van der Waals surface area contributed by atoms with E-state index in [1.807, 2.05) is 85.8 Å². The van der Waals surface area contributed by atoms with Crippen LogP contribution in [-0.2, 0) is 4.79 Å². The zero-order valence-corrected chi connectivity index (χ0v) is 19.7. The van der Waals surface area contributed by atoms with Crippen LogP contribution in [0.25, 0.3) is 0 Å². The van der Waals surface area contributed by atoms with E-state index in [1.165, 1.54) is 5.01 Å². The van der Waals surface area contributed by atoms with Gasteiger partial charge in [0.2, 0.25) is 0 Å².